The Bertz CT molecular complexity index is 304. The van der Waals surface area contributed by atoms with E-state index in [9.17, 15) is 0 Å². The second-order valence-electron chi connectivity index (χ2n) is 5.48. The van der Waals surface area contributed by atoms with Crippen molar-refractivity contribution in [3.8, 4) is 0 Å². The number of hydrogen-bond acceptors (Lipinski definition) is 2. The molecule has 3 heteroatoms. The lowest BCUT2D eigenvalue weighted by Gasteiger charge is -2.10. The van der Waals surface area contributed by atoms with Crippen LogP contribution in [0.1, 0.15) is 58.7 Å². The van der Waals surface area contributed by atoms with Crippen molar-refractivity contribution >= 4 is 0 Å². The maximum atomic E-state index is 4.43. The van der Waals surface area contributed by atoms with Crippen LogP contribution in [0, 0.1) is 5.92 Å². The average molecular weight is 251 g/mol. The molecule has 104 valence electrons. The van der Waals surface area contributed by atoms with Crippen LogP contribution >= 0.6 is 0 Å². The predicted molar refractivity (Wildman–Crippen MR) is 77.5 cm³/mol. The Balaban J connectivity index is 2.22. The van der Waals surface area contributed by atoms with Gasteiger partial charge in [0.05, 0.1) is 6.54 Å². The molecule has 0 aliphatic rings. The first-order valence-corrected chi connectivity index (χ1v) is 7.44. The number of nitrogens with zero attached hydrogens (tertiary/aromatic N) is 2. The van der Waals surface area contributed by atoms with Crippen LogP contribution in [0.3, 0.4) is 0 Å². The Labute approximate surface area is 112 Å². The van der Waals surface area contributed by atoms with Gasteiger partial charge in [-0.05, 0) is 18.9 Å². The van der Waals surface area contributed by atoms with E-state index in [1.54, 1.807) is 0 Å². The van der Waals surface area contributed by atoms with E-state index in [1.165, 1.54) is 37.9 Å². The Morgan fingerprint density at radius 1 is 1.22 bits per heavy atom. The molecule has 1 aromatic rings. The van der Waals surface area contributed by atoms with Crippen LogP contribution in [0.2, 0.25) is 0 Å². The van der Waals surface area contributed by atoms with Gasteiger partial charge in [-0.25, -0.2) is 4.98 Å². The molecule has 0 aromatic carbocycles. The Hall–Kier alpha value is -0.830. The topological polar surface area (TPSA) is 29.9 Å². The molecular formula is C15H29N3. The zero-order valence-electron chi connectivity index (χ0n) is 12.3. The summed E-state index contributed by atoms with van der Waals surface area (Å²) in [5.74, 6) is 1.87. The summed E-state index contributed by atoms with van der Waals surface area (Å²) in [7, 11) is 0. The summed E-state index contributed by atoms with van der Waals surface area (Å²) in [6.45, 7) is 9.78. The van der Waals surface area contributed by atoms with E-state index in [4.69, 9.17) is 0 Å². The van der Waals surface area contributed by atoms with Crippen molar-refractivity contribution in [2.24, 2.45) is 5.92 Å². The van der Waals surface area contributed by atoms with Crippen LogP contribution in [0.5, 0.6) is 0 Å². The van der Waals surface area contributed by atoms with Gasteiger partial charge >= 0.3 is 0 Å². The summed E-state index contributed by atoms with van der Waals surface area (Å²) in [6, 6.07) is 0. The van der Waals surface area contributed by atoms with Gasteiger partial charge in [0, 0.05) is 18.9 Å². The van der Waals surface area contributed by atoms with Gasteiger partial charge in [0.25, 0.3) is 0 Å². The molecule has 0 saturated heterocycles. The van der Waals surface area contributed by atoms with E-state index in [2.05, 4.69) is 41.8 Å². The van der Waals surface area contributed by atoms with Gasteiger partial charge in [0.15, 0.2) is 0 Å². The first-order valence-electron chi connectivity index (χ1n) is 7.44. The zero-order chi connectivity index (χ0) is 13.2. The zero-order valence-corrected chi connectivity index (χ0v) is 12.3. The largest absolute Gasteiger partial charge is 0.334 e. The van der Waals surface area contributed by atoms with E-state index in [0.717, 1.165) is 19.6 Å². The summed E-state index contributed by atoms with van der Waals surface area (Å²) in [6.07, 6.45) is 10.7. The molecule has 0 saturated carbocycles. The lowest BCUT2D eigenvalue weighted by Crippen LogP contribution is -2.21. The monoisotopic (exact) mass is 251 g/mol. The summed E-state index contributed by atoms with van der Waals surface area (Å²) in [4.78, 5) is 4.43. The quantitative estimate of drug-likeness (QED) is 0.644. The second-order valence-corrected chi connectivity index (χ2v) is 5.48. The summed E-state index contributed by atoms with van der Waals surface area (Å²) in [5.41, 5.74) is 0. The summed E-state index contributed by atoms with van der Waals surface area (Å²) >= 11 is 0. The minimum Gasteiger partial charge on any atom is -0.334 e. The van der Waals surface area contributed by atoms with Gasteiger partial charge in [-0.1, -0.05) is 46.5 Å². The van der Waals surface area contributed by atoms with Gasteiger partial charge in [-0.2, -0.15) is 0 Å². The minimum absolute atomic E-state index is 0.697. The van der Waals surface area contributed by atoms with Crippen LogP contribution in [0.25, 0.3) is 0 Å². The van der Waals surface area contributed by atoms with Crippen LogP contribution in [0.15, 0.2) is 12.4 Å². The number of aryl methyl sites for hydroxylation is 1. The molecule has 0 fully saturated rings. The molecule has 0 bridgehead atoms. The molecule has 0 atom stereocenters. The van der Waals surface area contributed by atoms with Crippen molar-refractivity contribution in [2.45, 2.75) is 66.0 Å². The normalized spacial score (nSPS) is 11.3. The van der Waals surface area contributed by atoms with Crippen molar-refractivity contribution in [3.63, 3.8) is 0 Å². The highest BCUT2D eigenvalue weighted by Gasteiger charge is 2.02. The molecule has 1 heterocycles. The maximum Gasteiger partial charge on any atom is 0.122 e. The number of nitrogens with one attached hydrogen (secondary N) is 1. The van der Waals surface area contributed by atoms with Crippen molar-refractivity contribution in [1.29, 1.82) is 0 Å². The maximum absolute atomic E-state index is 4.43. The van der Waals surface area contributed by atoms with Gasteiger partial charge in [-0.3, -0.25) is 0 Å². The molecule has 0 aliphatic carbocycles. The van der Waals surface area contributed by atoms with Crippen molar-refractivity contribution < 1.29 is 0 Å². The first-order chi connectivity index (χ1) is 8.74. The van der Waals surface area contributed by atoms with Crippen molar-refractivity contribution in [3.05, 3.63) is 18.2 Å². The Morgan fingerprint density at radius 2 is 2.00 bits per heavy atom. The summed E-state index contributed by atoms with van der Waals surface area (Å²) < 4.78 is 2.29. The summed E-state index contributed by atoms with van der Waals surface area (Å²) in [5, 5.41) is 3.46. The molecule has 1 aromatic heterocycles. The fraction of sp³-hybridized carbons (Fsp3) is 0.800. The molecular weight excluding hydrogens is 222 g/mol. The first kappa shape index (κ1) is 15.2. The van der Waals surface area contributed by atoms with Crippen LogP contribution in [-0.4, -0.2) is 16.1 Å². The third-order valence-corrected chi connectivity index (χ3v) is 3.14. The fourth-order valence-electron chi connectivity index (χ4n) is 2.07. The number of rotatable bonds is 10. The molecule has 18 heavy (non-hydrogen) atoms. The van der Waals surface area contributed by atoms with E-state index in [1.807, 2.05) is 6.20 Å². The SMILES string of the molecule is CCCCCCCn1ccnc1CNCC(C)C. The number of imidazole rings is 1. The molecule has 1 rings (SSSR count). The molecule has 1 N–H and O–H groups in total. The highest BCUT2D eigenvalue weighted by molar-refractivity contribution is 4.91. The number of aromatic nitrogens is 2. The molecule has 3 nitrogen and oxygen atoms in total. The third kappa shape index (κ3) is 6.20. The van der Waals surface area contributed by atoms with E-state index in [0.29, 0.717) is 5.92 Å². The molecule has 0 unspecified atom stereocenters. The number of hydrogen-bond donors (Lipinski definition) is 1. The average Bonchev–Trinajstić information content (AvgIpc) is 2.76. The standard InChI is InChI=1S/C15H29N3/c1-4-5-6-7-8-10-18-11-9-17-15(18)13-16-12-14(2)3/h9,11,14,16H,4-8,10,12-13H2,1-3H3. The lowest BCUT2D eigenvalue weighted by molar-refractivity contribution is 0.512. The van der Waals surface area contributed by atoms with Crippen molar-refractivity contribution in [2.75, 3.05) is 6.54 Å². The minimum atomic E-state index is 0.697. The number of unbranched alkanes of at least 4 members (excludes halogenated alkanes) is 4. The molecule has 0 aliphatic heterocycles. The molecule has 0 radical (unpaired) electrons. The van der Waals surface area contributed by atoms with Gasteiger partial charge in [-0.15, -0.1) is 0 Å². The fourth-order valence-corrected chi connectivity index (χ4v) is 2.07. The molecule has 0 spiro atoms. The second kappa shape index (κ2) is 9.15. The van der Waals surface area contributed by atoms with E-state index < -0.39 is 0 Å². The Kier molecular flexibility index (Phi) is 7.74. The van der Waals surface area contributed by atoms with Crippen LogP contribution in [0.4, 0.5) is 0 Å². The van der Waals surface area contributed by atoms with Crippen LogP contribution < -0.4 is 5.32 Å². The van der Waals surface area contributed by atoms with Crippen molar-refractivity contribution in [1.82, 2.24) is 14.9 Å². The van der Waals surface area contributed by atoms with Gasteiger partial charge in [0.1, 0.15) is 5.82 Å². The van der Waals surface area contributed by atoms with Crippen LogP contribution in [-0.2, 0) is 13.1 Å². The highest BCUT2D eigenvalue weighted by atomic mass is 15.1. The third-order valence-electron chi connectivity index (χ3n) is 3.14. The van der Waals surface area contributed by atoms with E-state index in [-0.39, 0.29) is 0 Å². The highest BCUT2D eigenvalue weighted by Crippen LogP contribution is 2.06. The Morgan fingerprint density at radius 3 is 2.72 bits per heavy atom. The predicted octanol–water partition coefficient (Wildman–Crippen LogP) is 3.60. The van der Waals surface area contributed by atoms with E-state index >= 15 is 0 Å². The molecule has 0 amide bonds. The lowest BCUT2D eigenvalue weighted by atomic mass is 10.1. The van der Waals surface area contributed by atoms with Gasteiger partial charge in [0.2, 0.25) is 0 Å². The van der Waals surface area contributed by atoms with Gasteiger partial charge < -0.3 is 9.88 Å². The smallest absolute Gasteiger partial charge is 0.122 e.